The van der Waals surface area contributed by atoms with Crippen molar-refractivity contribution < 1.29 is 13.5 Å². The highest BCUT2D eigenvalue weighted by Crippen LogP contribution is 2.32. The molecule has 0 aliphatic heterocycles. The van der Waals surface area contributed by atoms with Crippen molar-refractivity contribution in [3.63, 3.8) is 0 Å². The van der Waals surface area contributed by atoms with Crippen molar-refractivity contribution in [2.45, 2.75) is 0 Å². The highest BCUT2D eigenvalue weighted by molar-refractivity contribution is 9.10. The zero-order valence-electron chi connectivity index (χ0n) is 6.20. The number of halogens is 3. The van der Waals surface area contributed by atoms with E-state index in [0.29, 0.717) is 0 Å². The molecule has 0 aliphatic rings. The number of nitrogen functional groups attached to an aromatic ring is 1. The van der Waals surface area contributed by atoms with Crippen molar-refractivity contribution in [3.8, 4) is 5.75 Å². The highest BCUT2D eigenvalue weighted by atomic mass is 79.9. The second-order valence-electron chi connectivity index (χ2n) is 2.10. The molecule has 0 saturated heterocycles. The van der Waals surface area contributed by atoms with Crippen LogP contribution in [0.2, 0.25) is 0 Å². The van der Waals surface area contributed by atoms with Crippen LogP contribution in [0, 0.1) is 11.6 Å². The standard InChI is InChI=1S/C7H6BrF2NO/c1-12-4-2-3(9)7(11)5(8)6(4)10/h2H,11H2,1H3. The van der Waals surface area contributed by atoms with Gasteiger partial charge in [0.05, 0.1) is 17.3 Å². The van der Waals surface area contributed by atoms with Crippen LogP contribution in [0.4, 0.5) is 14.5 Å². The second-order valence-corrected chi connectivity index (χ2v) is 2.90. The molecule has 0 aliphatic carbocycles. The highest BCUT2D eigenvalue weighted by Gasteiger charge is 2.14. The molecule has 2 nitrogen and oxygen atoms in total. The van der Waals surface area contributed by atoms with Gasteiger partial charge >= 0.3 is 0 Å². The second kappa shape index (κ2) is 3.26. The van der Waals surface area contributed by atoms with Gasteiger partial charge in [-0.1, -0.05) is 0 Å². The first-order valence-corrected chi connectivity index (χ1v) is 3.84. The molecular formula is C7H6BrF2NO. The van der Waals surface area contributed by atoms with Gasteiger partial charge in [0, 0.05) is 6.07 Å². The number of ether oxygens (including phenoxy) is 1. The first-order chi connectivity index (χ1) is 5.57. The SMILES string of the molecule is COc1cc(F)c(N)c(Br)c1F. The maximum Gasteiger partial charge on any atom is 0.181 e. The van der Waals surface area contributed by atoms with E-state index in [1.165, 1.54) is 7.11 Å². The molecule has 5 heteroatoms. The van der Waals surface area contributed by atoms with Gasteiger partial charge < -0.3 is 10.5 Å². The molecule has 0 aromatic heterocycles. The van der Waals surface area contributed by atoms with Crippen molar-refractivity contribution in [3.05, 3.63) is 22.2 Å². The molecule has 0 saturated carbocycles. The van der Waals surface area contributed by atoms with Crippen LogP contribution in [0.15, 0.2) is 10.5 Å². The Labute approximate surface area is 76.4 Å². The third-order valence-corrected chi connectivity index (χ3v) is 2.16. The van der Waals surface area contributed by atoms with Gasteiger partial charge in [-0.15, -0.1) is 0 Å². The molecule has 0 amide bonds. The van der Waals surface area contributed by atoms with Gasteiger partial charge in [-0.3, -0.25) is 0 Å². The Morgan fingerprint density at radius 2 is 2.08 bits per heavy atom. The summed E-state index contributed by atoms with van der Waals surface area (Å²) in [5, 5.41) is 0. The fourth-order valence-electron chi connectivity index (χ4n) is 0.736. The molecule has 1 aromatic rings. The molecule has 0 atom stereocenters. The smallest absolute Gasteiger partial charge is 0.181 e. The molecule has 0 fully saturated rings. The largest absolute Gasteiger partial charge is 0.494 e. The topological polar surface area (TPSA) is 35.2 Å². The lowest BCUT2D eigenvalue weighted by Gasteiger charge is -2.06. The van der Waals surface area contributed by atoms with Crippen LogP contribution in [-0.2, 0) is 0 Å². The number of hydrogen-bond acceptors (Lipinski definition) is 2. The van der Waals surface area contributed by atoms with Crippen LogP contribution in [0.5, 0.6) is 5.75 Å². The van der Waals surface area contributed by atoms with Gasteiger partial charge in [0.1, 0.15) is 0 Å². The molecule has 0 unspecified atom stereocenters. The zero-order chi connectivity index (χ0) is 9.30. The maximum atomic E-state index is 13.0. The summed E-state index contributed by atoms with van der Waals surface area (Å²) >= 11 is 2.80. The summed E-state index contributed by atoms with van der Waals surface area (Å²) in [6, 6.07) is 0.898. The summed E-state index contributed by atoms with van der Waals surface area (Å²) in [4.78, 5) is 0. The van der Waals surface area contributed by atoms with Crippen LogP contribution in [0.1, 0.15) is 0 Å². The Morgan fingerprint density at radius 3 is 2.58 bits per heavy atom. The summed E-state index contributed by atoms with van der Waals surface area (Å²) in [6.07, 6.45) is 0. The molecule has 0 spiro atoms. The van der Waals surface area contributed by atoms with E-state index in [4.69, 9.17) is 5.73 Å². The molecule has 1 rings (SSSR count). The molecular weight excluding hydrogens is 232 g/mol. The predicted octanol–water partition coefficient (Wildman–Crippen LogP) is 2.32. The summed E-state index contributed by atoms with van der Waals surface area (Å²) < 4.78 is 30.3. The van der Waals surface area contributed by atoms with Gasteiger partial charge in [-0.05, 0) is 15.9 Å². The van der Waals surface area contributed by atoms with Crippen molar-refractivity contribution >= 4 is 21.6 Å². The number of benzene rings is 1. The first-order valence-electron chi connectivity index (χ1n) is 3.05. The lowest BCUT2D eigenvalue weighted by atomic mass is 10.3. The van der Waals surface area contributed by atoms with Gasteiger partial charge in [-0.2, -0.15) is 0 Å². The van der Waals surface area contributed by atoms with Gasteiger partial charge in [0.15, 0.2) is 17.4 Å². The molecule has 0 heterocycles. The Morgan fingerprint density at radius 1 is 1.50 bits per heavy atom. The summed E-state index contributed by atoms with van der Waals surface area (Å²) in [7, 11) is 1.25. The molecule has 0 bridgehead atoms. The maximum absolute atomic E-state index is 13.0. The number of methoxy groups -OCH3 is 1. The molecule has 0 radical (unpaired) electrons. The average Bonchev–Trinajstić information content (AvgIpc) is 2.08. The Kier molecular flexibility index (Phi) is 2.52. The van der Waals surface area contributed by atoms with E-state index in [2.05, 4.69) is 20.7 Å². The fraction of sp³-hybridized carbons (Fsp3) is 0.143. The van der Waals surface area contributed by atoms with Crippen LogP contribution >= 0.6 is 15.9 Å². The predicted molar refractivity (Wildman–Crippen MR) is 45.0 cm³/mol. The average molecular weight is 238 g/mol. The van der Waals surface area contributed by atoms with E-state index in [1.54, 1.807) is 0 Å². The van der Waals surface area contributed by atoms with Gasteiger partial charge in [0.25, 0.3) is 0 Å². The van der Waals surface area contributed by atoms with Crippen LogP contribution in [0.3, 0.4) is 0 Å². The molecule has 2 N–H and O–H groups in total. The minimum atomic E-state index is -0.708. The normalized spacial score (nSPS) is 10.0. The summed E-state index contributed by atoms with van der Waals surface area (Å²) in [6.45, 7) is 0. The Balaban J connectivity index is 3.39. The van der Waals surface area contributed by atoms with Crippen molar-refractivity contribution in [2.75, 3.05) is 12.8 Å². The molecule has 66 valence electrons. The fourth-order valence-corrected chi connectivity index (χ4v) is 1.12. The number of rotatable bonds is 1. The lowest BCUT2D eigenvalue weighted by molar-refractivity contribution is 0.382. The Hall–Kier alpha value is -0.840. The van der Waals surface area contributed by atoms with E-state index in [0.717, 1.165) is 6.07 Å². The Bertz CT molecular complexity index is 317. The number of hydrogen-bond donors (Lipinski definition) is 1. The van der Waals surface area contributed by atoms with Crippen molar-refractivity contribution in [1.29, 1.82) is 0 Å². The van der Waals surface area contributed by atoms with Crippen molar-refractivity contribution in [2.24, 2.45) is 0 Å². The summed E-state index contributed by atoms with van der Waals surface area (Å²) in [5.41, 5.74) is 4.93. The first kappa shape index (κ1) is 9.25. The third-order valence-electron chi connectivity index (χ3n) is 1.38. The van der Waals surface area contributed by atoms with E-state index in [9.17, 15) is 8.78 Å². The van der Waals surface area contributed by atoms with E-state index in [1.807, 2.05) is 0 Å². The zero-order valence-corrected chi connectivity index (χ0v) is 7.78. The van der Waals surface area contributed by atoms with E-state index in [-0.39, 0.29) is 15.9 Å². The van der Waals surface area contributed by atoms with E-state index >= 15 is 0 Å². The molecule has 12 heavy (non-hydrogen) atoms. The minimum absolute atomic E-state index is 0.112. The summed E-state index contributed by atoms with van der Waals surface area (Å²) in [5.74, 6) is -1.58. The van der Waals surface area contributed by atoms with Gasteiger partial charge in [0.2, 0.25) is 0 Å². The van der Waals surface area contributed by atoms with Crippen molar-refractivity contribution in [1.82, 2.24) is 0 Å². The third kappa shape index (κ3) is 1.36. The van der Waals surface area contributed by atoms with Crippen LogP contribution in [-0.4, -0.2) is 7.11 Å². The van der Waals surface area contributed by atoms with Crippen LogP contribution < -0.4 is 10.5 Å². The van der Waals surface area contributed by atoms with E-state index < -0.39 is 11.6 Å². The van der Waals surface area contributed by atoms with Gasteiger partial charge in [-0.25, -0.2) is 8.78 Å². The van der Waals surface area contributed by atoms with Crippen LogP contribution in [0.25, 0.3) is 0 Å². The lowest BCUT2D eigenvalue weighted by Crippen LogP contribution is -1.97. The monoisotopic (exact) mass is 237 g/mol. The number of anilines is 1. The molecule has 1 aromatic carbocycles. The quantitative estimate of drug-likeness (QED) is 0.601. The minimum Gasteiger partial charge on any atom is -0.494 e. The number of nitrogens with two attached hydrogens (primary N) is 1.